The summed E-state index contributed by atoms with van der Waals surface area (Å²) < 4.78 is 6.32. The monoisotopic (exact) mass is 356 g/mol. The molecule has 104 valence electrons. The summed E-state index contributed by atoms with van der Waals surface area (Å²) in [4.78, 5) is 14.7. The van der Waals surface area contributed by atoms with E-state index in [0.717, 1.165) is 4.47 Å². The van der Waals surface area contributed by atoms with Gasteiger partial charge in [0.2, 0.25) is 0 Å². The van der Waals surface area contributed by atoms with Crippen molar-refractivity contribution in [3.05, 3.63) is 62.4 Å². The highest BCUT2D eigenvalue weighted by molar-refractivity contribution is 9.10. The number of benzene rings is 1. The molecule has 1 aromatic carbocycles. The minimum absolute atomic E-state index is 0.0970. The van der Waals surface area contributed by atoms with Crippen LogP contribution in [0.15, 0.2) is 41.0 Å². The molecule has 0 bridgehead atoms. The third-order valence-corrected chi connectivity index (χ3v) is 3.32. The van der Waals surface area contributed by atoms with E-state index in [9.17, 15) is 10.1 Å². The molecule has 0 saturated carbocycles. The summed E-state index contributed by atoms with van der Waals surface area (Å²) in [6, 6.07) is 8.27. The summed E-state index contributed by atoms with van der Waals surface area (Å²) in [7, 11) is 0. The second kappa shape index (κ2) is 6.67. The van der Waals surface area contributed by atoms with Gasteiger partial charge in [-0.3, -0.25) is 15.1 Å². The molecule has 5 nitrogen and oxygen atoms in total. The number of hydrogen-bond acceptors (Lipinski definition) is 4. The van der Waals surface area contributed by atoms with Crippen molar-refractivity contribution >= 4 is 33.2 Å². The van der Waals surface area contributed by atoms with Crippen molar-refractivity contribution in [3.63, 3.8) is 0 Å². The van der Waals surface area contributed by atoms with Gasteiger partial charge in [-0.25, -0.2) is 0 Å². The second-order valence-electron chi connectivity index (χ2n) is 3.95. The van der Waals surface area contributed by atoms with Gasteiger partial charge in [0.15, 0.2) is 5.75 Å². The van der Waals surface area contributed by atoms with Crippen LogP contribution in [0.1, 0.15) is 11.3 Å². The van der Waals surface area contributed by atoms with E-state index in [0.29, 0.717) is 11.3 Å². The summed E-state index contributed by atoms with van der Waals surface area (Å²) in [5.74, 6) is 0.420. The minimum Gasteiger partial charge on any atom is -0.480 e. The summed E-state index contributed by atoms with van der Waals surface area (Å²) in [6.07, 6.45) is 1.64. The maximum Gasteiger partial charge on any atom is 0.311 e. The molecular weight excluding hydrogens is 348 g/mol. The first kappa shape index (κ1) is 14.7. The molecule has 1 aromatic heterocycles. The molecule has 0 aliphatic rings. The van der Waals surface area contributed by atoms with Crippen molar-refractivity contribution in [2.24, 2.45) is 0 Å². The average Bonchev–Trinajstić information content (AvgIpc) is 2.46. The number of rotatable bonds is 5. The third kappa shape index (κ3) is 3.68. The van der Waals surface area contributed by atoms with E-state index in [4.69, 9.17) is 16.3 Å². The molecule has 0 radical (unpaired) electrons. The van der Waals surface area contributed by atoms with E-state index >= 15 is 0 Å². The number of halogens is 2. The zero-order chi connectivity index (χ0) is 14.5. The molecule has 0 atom stereocenters. The molecule has 0 unspecified atom stereocenters. The van der Waals surface area contributed by atoms with Gasteiger partial charge in [-0.1, -0.05) is 6.07 Å². The quantitative estimate of drug-likeness (QED) is 0.459. The Bertz CT molecular complexity index is 620. The van der Waals surface area contributed by atoms with Gasteiger partial charge >= 0.3 is 5.69 Å². The van der Waals surface area contributed by atoms with Crippen LogP contribution in [0, 0.1) is 10.1 Å². The van der Waals surface area contributed by atoms with Gasteiger partial charge in [0.05, 0.1) is 10.6 Å². The number of nitro groups is 1. The van der Waals surface area contributed by atoms with Gasteiger partial charge in [-0.05, 0) is 39.7 Å². The smallest absolute Gasteiger partial charge is 0.311 e. The van der Waals surface area contributed by atoms with E-state index in [1.54, 1.807) is 24.4 Å². The Hall–Kier alpha value is -1.66. The number of pyridine rings is 1. The molecule has 7 heteroatoms. The van der Waals surface area contributed by atoms with Crippen molar-refractivity contribution < 1.29 is 9.66 Å². The van der Waals surface area contributed by atoms with Gasteiger partial charge in [0.25, 0.3) is 0 Å². The molecule has 0 saturated heterocycles. The number of alkyl halides is 1. The summed E-state index contributed by atoms with van der Waals surface area (Å²) >= 11 is 8.95. The lowest BCUT2D eigenvalue weighted by molar-refractivity contribution is -0.386. The van der Waals surface area contributed by atoms with E-state index in [2.05, 4.69) is 20.9 Å². The van der Waals surface area contributed by atoms with Gasteiger partial charge in [0.1, 0.15) is 6.61 Å². The molecule has 0 aliphatic carbocycles. The second-order valence-corrected chi connectivity index (χ2v) is 5.13. The van der Waals surface area contributed by atoms with Crippen LogP contribution >= 0.6 is 27.5 Å². The molecule has 0 aliphatic heterocycles. The maximum atomic E-state index is 11.0. The Morgan fingerprint density at radius 1 is 1.35 bits per heavy atom. The van der Waals surface area contributed by atoms with Crippen molar-refractivity contribution in [1.82, 2.24) is 4.98 Å². The van der Waals surface area contributed by atoms with Crippen LogP contribution in [-0.4, -0.2) is 9.91 Å². The standard InChI is InChI=1S/C13H10BrClN2O3/c14-10-2-3-11(16-7-10)8-20-13-4-1-9(6-15)5-12(13)17(18)19/h1-5,7H,6,8H2. The molecular formula is C13H10BrClN2O3. The Morgan fingerprint density at radius 2 is 2.15 bits per heavy atom. The lowest BCUT2D eigenvalue weighted by atomic mass is 10.2. The molecule has 0 amide bonds. The minimum atomic E-state index is -0.486. The zero-order valence-corrected chi connectivity index (χ0v) is 12.6. The van der Waals surface area contributed by atoms with Crippen LogP contribution in [0.25, 0.3) is 0 Å². The van der Waals surface area contributed by atoms with Crippen LogP contribution in [-0.2, 0) is 12.5 Å². The van der Waals surface area contributed by atoms with E-state index < -0.39 is 4.92 Å². The number of nitro benzene ring substituents is 1. The van der Waals surface area contributed by atoms with Crippen molar-refractivity contribution in [1.29, 1.82) is 0 Å². The van der Waals surface area contributed by atoms with E-state index in [1.807, 2.05) is 6.07 Å². The normalized spacial score (nSPS) is 10.3. The topological polar surface area (TPSA) is 65.3 Å². The van der Waals surface area contributed by atoms with Crippen LogP contribution in [0.5, 0.6) is 5.75 Å². The molecule has 0 N–H and O–H groups in total. The average molecular weight is 358 g/mol. The number of nitrogens with zero attached hydrogens (tertiary/aromatic N) is 2. The predicted molar refractivity (Wildman–Crippen MR) is 78.9 cm³/mol. The van der Waals surface area contributed by atoms with E-state index in [1.165, 1.54) is 6.07 Å². The third-order valence-electron chi connectivity index (χ3n) is 2.54. The molecule has 2 rings (SSSR count). The molecule has 0 spiro atoms. The highest BCUT2D eigenvalue weighted by Gasteiger charge is 2.16. The lowest BCUT2D eigenvalue weighted by Gasteiger charge is -2.07. The Labute approximate surface area is 128 Å². The lowest BCUT2D eigenvalue weighted by Crippen LogP contribution is -2.01. The Balaban J connectivity index is 2.16. The highest BCUT2D eigenvalue weighted by atomic mass is 79.9. The maximum absolute atomic E-state index is 11.0. The van der Waals surface area contributed by atoms with Gasteiger partial charge in [-0.2, -0.15) is 0 Å². The van der Waals surface area contributed by atoms with Gasteiger partial charge < -0.3 is 4.74 Å². The van der Waals surface area contributed by atoms with Crippen molar-refractivity contribution in [3.8, 4) is 5.75 Å². The first-order valence-corrected chi connectivity index (χ1v) is 6.99. The summed E-state index contributed by atoms with van der Waals surface area (Å²) in [6.45, 7) is 0.161. The predicted octanol–water partition coefficient (Wildman–Crippen LogP) is 4.07. The highest BCUT2D eigenvalue weighted by Crippen LogP contribution is 2.29. The molecule has 0 fully saturated rings. The van der Waals surface area contributed by atoms with Crippen LogP contribution in [0.3, 0.4) is 0 Å². The first-order valence-electron chi connectivity index (χ1n) is 5.66. The van der Waals surface area contributed by atoms with Crippen molar-refractivity contribution in [2.75, 3.05) is 0 Å². The van der Waals surface area contributed by atoms with Crippen LogP contribution in [0.4, 0.5) is 5.69 Å². The van der Waals surface area contributed by atoms with Gasteiger partial charge in [-0.15, -0.1) is 11.6 Å². The Kier molecular flexibility index (Phi) is 4.92. The fourth-order valence-corrected chi connectivity index (χ4v) is 1.96. The number of aromatic nitrogens is 1. The fraction of sp³-hybridized carbons (Fsp3) is 0.154. The van der Waals surface area contributed by atoms with Crippen LogP contribution < -0.4 is 4.74 Å². The molecule has 2 aromatic rings. The summed E-state index contributed by atoms with van der Waals surface area (Å²) in [5, 5.41) is 11.0. The number of ether oxygens (including phenoxy) is 1. The number of hydrogen-bond donors (Lipinski definition) is 0. The fourth-order valence-electron chi connectivity index (χ4n) is 1.55. The Morgan fingerprint density at radius 3 is 2.75 bits per heavy atom. The molecule has 1 heterocycles. The SMILES string of the molecule is O=[N+]([O-])c1cc(CCl)ccc1OCc1ccc(Br)cn1. The zero-order valence-electron chi connectivity index (χ0n) is 10.3. The summed E-state index contributed by atoms with van der Waals surface area (Å²) in [5.41, 5.74) is 1.26. The van der Waals surface area contributed by atoms with Crippen LogP contribution in [0.2, 0.25) is 0 Å². The van der Waals surface area contributed by atoms with E-state index in [-0.39, 0.29) is 23.9 Å². The van der Waals surface area contributed by atoms with Crippen molar-refractivity contribution in [2.45, 2.75) is 12.5 Å². The largest absolute Gasteiger partial charge is 0.480 e. The molecule has 20 heavy (non-hydrogen) atoms. The first-order chi connectivity index (χ1) is 9.60. The van der Waals surface area contributed by atoms with Gasteiger partial charge in [0, 0.05) is 22.6 Å².